The van der Waals surface area contributed by atoms with E-state index in [-0.39, 0.29) is 16.6 Å². The normalized spacial score (nSPS) is 12.6. The van der Waals surface area contributed by atoms with Crippen LogP contribution in [-0.4, -0.2) is 5.91 Å². The SMILES string of the molecule is CCC(C#N)C(=O)Nc1ccc(Br)cc1C(F)(F)F. The van der Waals surface area contributed by atoms with Gasteiger partial charge in [-0.15, -0.1) is 0 Å². The van der Waals surface area contributed by atoms with E-state index in [2.05, 4.69) is 21.2 Å². The Morgan fingerprint density at radius 2 is 2.16 bits per heavy atom. The van der Waals surface area contributed by atoms with Gasteiger partial charge in [-0.3, -0.25) is 4.79 Å². The molecule has 0 aliphatic carbocycles. The molecule has 1 N–H and O–H groups in total. The van der Waals surface area contributed by atoms with Crippen molar-refractivity contribution in [3.05, 3.63) is 28.2 Å². The first-order chi connectivity index (χ1) is 8.79. The highest BCUT2D eigenvalue weighted by Crippen LogP contribution is 2.36. The molecule has 0 aliphatic rings. The summed E-state index contributed by atoms with van der Waals surface area (Å²) in [6.45, 7) is 1.61. The summed E-state index contributed by atoms with van der Waals surface area (Å²) in [5.41, 5.74) is -1.31. The fourth-order valence-electron chi connectivity index (χ4n) is 1.42. The second-order valence-electron chi connectivity index (χ2n) is 3.77. The quantitative estimate of drug-likeness (QED) is 0.909. The lowest BCUT2D eigenvalue weighted by atomic mass is 10.1. The van der Waals surface area contributed by atoms with Crippen molar-refractivity contribution in [3.8, 4) is 6.07 Å². The first kappa shape index (κ1) is 15.5. The van der Waals surface area contributed by atoms with Gasteiger partial charge in [0.15, 0.2) is 0 Å². The van der Waals surface area contributed by atoms with Crippen LogP contribution < -0.4 is 5.32 Å². The standard InChI is InChI=1S/C12H10BrF3N2O/c1-2-7(6-17)11(19)18-10-4-3-8(13)5-9(10)12(14,15)16/h3-5,7H,2H2,1H3,(H,18,19). The topological polar surface area (TPSA) is 52.9 Å². The number of anilines is 1. The van der Waals surface area contributed by atoms with E-state index in [1.54, 1.807) is 13.0 Å². The molecule has 1 amide bonds. The molecule has 1 aromatic carbocycles. The first-order valence-corrected chi connectivity index (χ1v) is 6.16. The highest BCUT2D eigenvalue weighted by atomic mass is 79.9. The molecule has 102 valence electrons. The van der Waals surface area contributed by atoms with Crippen LogP contribution in [-0.2, 0) is 11.0 Å². The van der Waals surface area contributed by atoms with Gasteiger partial charge in [0, 0.05) is 4.47 Å². The van der Waals surface area contributed by atoms with E-state index in [9.17, 15) is 18.0 Å². The molecule has 1 aromatic rings. The lowest BCUT2D eigenvalue weighted by Crippen LogP contribution is -2.23. The summed E-state index contributed by atoms with van der Waals surface area (Å²) in [6.07, 6.45) is -4.35. The van der Waals surface area contributed by atoms with Gasteiger partial charge in [0.25, 0.3) is 0 Å². The van der Waals surface area contributed by atoms with E-state index >= 15 is 0 Å². The van der Waals surface area contributed by atoms with Crippen LogP contribution >= 0.6 is 15.9 Å². The number of hydrogen-bond acceptors (Lipinski definition) is 2. The number of nitrogens with one attached hydrogen (secondary N) is 1. The molecule has 0 fully saturated rings. The van der Waals surface area contributed by atoms with Gasteiger partial charge in [-0.1, -0.05) is 22.9 Å². The number of benzene rings is 1. The number of amides is 1. The summed E-state index contributed by atoms with van der Waals surface area (Å²) < 4.78 is 38.7. The first-order valence-electron chi connectivity index (χ1n) is 5.36. The fraction of sp³-hybridized carbons (Fsp3) is 0.333. The Bertz CT molecular complexity index is 523. The number of carbonyl (C=O) groups is 1. The van der Waals surface area contributed by atoms with Gasteiger partial charge in [0.2, 0.25) is 5.91 Å². The Morgan fingerprint density at radius 3 is 2.63 bits per heavy atom. The maximum Gasteiger partial charge on any atom is 0.418 e. The molecule has 0 aromatic heterocycles. The molecule has 0 saturated carbocycles. The molecule has 7 heteroatoms. The van der Waals surface area contributed by atoms with Crippen LogP contribution in [0.1, 0.15) is 18.9 Å². The van der Waals surface area contributed by atoms with Crippen molar-refractivity contribution < 1.29 is 18.0 Å². The maximum atomic E-state index is 12.8. The molecular weight excluding hydrogens is 325 g/mol. The zero-order valence-electron chi connectivity index (χ0n) is 9.88. The highest BCUT2D eigenvalue weighted by molar-refractivity contribution is 9.10. The van der Waals surface area contributed by atoms with Gasteiger partial charge >= 0.3 is 6.18 Å². The van der Waals surface area contributed by atoms with E-state index < -0.39 is 23.6 Å². The Labute approximate surface area is 116 Å². The minimum absolute atomic E-state index is 0.236. The van der Waals surface area contributed by atoms with Crippen molar-refractivity contribution in [3.63, 3.8) is 0 Å². The van der Waals surface area contributed by atoms with Crippen molar-refractivity contribution in [2.24, 2.45) is 5.92 Å². The van der Waals surface area contributed by atoms with E-state index in [0.29, 0.717) is 0 Å². The summed E-state index contributed by atoms with van der Waals surface area (Å²) >= 11 is 2.95. The van der Waals surface area contributed by atoms with Crippen LogP contribution in [0.3, 0.4) is 0 Å². The predicted octanol–water partition coefficient (Wildman–Crippen LogP) is 3.96. The monoisotopic (exact) mass is 334 g/mol. The minimum atomic E-state index is -4.58. The van der Waals surface area contributed by atoms with Crippen molar-refractivity contribution in [1.82, 2.24) is 0 Å². The van der Waals surface area contributed by atoms with Crippen molar-refractivity contribution in [2.75, 3.05) is 5.32 Å². The minimum Gasteiger partial charge on any atom is -0.324 e. The van der Waals surface area contributed by atoms with E-state index in [0.717, 1.165) is 12.1 Å². The van der Waals surface area contributed by atoms with Crippen molar-refractivity contribution in [2.45, 2.75) is 19.5 Å². The van der Waals surface area contributed by atoms with Crippen molar-refractivity contribution >= 4 is 27.5 Å². The third-order valence-electron chi connectivity index (χ3n) is 2.43. The van der Waals surface area contributed by atoms with Crippen LogP contribution in [0.5, 0.6) is 0 Å². The predicted molar refractivity (Wildman–Crippen MR) is 67.2 cm³/mol. The third kappa shape index (κ3) is 3.96. The van der Waals surface area contributed by atoms with Crippen LogP contribution in [0.2, 0.25) is 0 Å². The second-order valence-corrected chi connectivity index (χ2v) is 4.68. The van der Waals surface area contributed by atoms with Crippen LogP contribution in [0, 0.1) is 17.2 Å². The molecule has 0 spiro atoms. The molecule has 3 nitrogen and oxygen atoms in total. The summed E-state index contributed by atoms with van der Waals surface area (Å²) in [5.74, 6) is -1.71. The van der Waals surface area contributed by atoms with E-state index in [4.69, 9.17) is 5.26 Å². The molecule has 0 bridgehead atoms. The zero-order valence-corrected chi connectivity index (χ0v) is 11.5. The fourth-order valence-corrected chi connectivity index (χ4v) is 1.78. The molecule has 0 aliphatic heterocycles. The summed E-state index contributed by atoms with van der Waals surface area (Å²) in [5, 5.41) is 10.9. The van der Waals surface area contributed by atoms with Crippen LogP contribution in [0.4, 0.5) is 18.9 Å². The summed E-state index contributed by atoms with van der Waals surface area (Å²) in [4.78, 5) is 11.6. The van der Waals surface area contributed by atoms with Crippen LogP contribution in [0.25, 0.3) is 0 Å². The van der Waals surface area contributed by atoms with Crippen molar-refractivity contribution in [1.29, 1.82) is 5.26 Å². The Morgan fingerprint density at radius 1 is 1.53 bits per heavy atom. The number of rotatable bonds is 3. The number of carbonyl (C=O) groups excluding carboxylic acids is 1. The van der Waals surface area contributed by atoms with Gasteiger partial charge in [0.05, 0.1) is 17.3 Å². The highest BCUT2D eigenvalue weighted by Gasteiger charge is 2.34. The molecule has 1 unspecified atom stereocenters. The number of halogens is 4. The molecule has 19 heavy (non-hydrogen) atoms. The lowest BCUT2D eigenvalue weighted by Gasteiger charge is -2.15. The number of nitrogens with zero attached hydrogens (tertiary/aromatic N) is 1. The average Bonchev–Trinajstić information content (AvgIpc) is 2.31. The van der Waals surface area contributed by atoms with Crippen LogP contribution in [0.15, 0.2) is 22.7 Å². The van der Waals surface area contributed by atoms with Gasteiger partial charge in [-0.2, -0.15) is 18.4 Å². The third-order valence-corrected chi connectivity index (χ3v) is 2.92. The molecule has 0 radical (unpaired) electrons. The molecule has 0 heterocycles. The largest absolute Gasteiger partial charge is 0.418 e. The lowest BCUT2D eigenvalue weighted by molar-refractivity contribution is -0.137. The number of nitriles is 1. The second kappa shape index (κ2) is 6.06. The number of alkyl halides is 3. The van der Waals surface area contributed by atoms with E-state index in [1.165, 1.54) is 6.07 Å². The molecule has 1 atom stereocenters. The number of hydrogen-bond donors (Lipinski definition) is 1. The molecule has 1 rings (SSSR count). The Hall–Kier alpha value is -1.55. The van der Waals surface area contributed by atoms with Gasteiger partial charge in [-0.25, -0.2) is 0 Å². The van der Waals surface area contributed by atoms with E-state index in [1.807, 2.05) is 0 Å². The van der Waals surface area contributed by atoms with Gasteiger partial charge in [-0.05, 0) is 24.6 Å². The van der Waals surface area contributed by atoms with Gasteiger partial charge in [0.1, 0.15) is 5.92 Å². The Kier molecular flexibility index (Phi) is 4.95. The summed E-state index contributed by atoms with van der Waals surface area (Å²) in [6, 6.07) is 5.15. The smallest absolute Gasteiger partial charge is 0.324 e. The average molecular weight is 335 g/mol. The zero-order chi connectivity index (χ0) is 14.6. The Balaban J connectivity index is 3.09. The summed E-state index contributed by atoms with van der Waals surface area (Å²) in [7, 11) is 0. The van der Waals surface area contributed by atoms with Gasteiger partial charge < -0.3 is 5.32 Å². The molecule has 0 saturated heterocycles. The molecular formula is C12H10BrF3N2O. The maximum absolute atomic E-state index is 12.8.